The minimum Gasteiger partial charge on any atom is -0.391 e. The third kappa shape index (κ3) is 4.80. The second kappa shape index (κ2) is 8.97. The first-order chi connectivity index (χ1) is 12.3. The number of nitrogens with one attached hydrogen (secondary N) is 3. The Balaban J connectivity index is 1.77. The van der Waals surface area contributed by atoms with E-state index in [1.165, 1.54) is 64.0 Å². The van der Waals surface area contributed by atoms with E-state index in [9.17, 15) is 0 Å². The van der Waals surface area contributed by atoms with Crippen LogP contribution in [0.15, 0.2) is 18.0 Å². The van der Waals surface area contributed by atoms with Crippen LogP contribution < -0.4 is 10.6 Å². The molecule has 136 valence electrons. The molecule has 0 aromatic carbocycles. The largest absolute Gasteiger partial charge is 0.391 e. The van der Waals surface area contributed by atoms with Crippen LogP contribution in [0.4, 0.5) is 5.95 Å². The molecule has 0 unspecified atom stereocenters. The van der Waals surface area contributed by atoms with Gasteiger partial charge in [0.05, 0.1) is 5.69 Å². The van der Waals surface area contributed by atoms with Crippen LogP contribution in [0.5, 0.6) is 0 Å². The molecule has 3 N–H and O–H groups in total. The third-order valence-electron chi connectivity index (χ3n) is 5.61. The molecule has 25 heavy (non-hydrogen) atoms. The Bertz CT molecular complexity index is 598. The smallest absolute Gasteiger partial charge is 0.223 e. The molecule has 1 aromatic rings. The van der Waals surface area contributed by atoms with Crippen molar-refractivity contribution in [2.45, 2.75) is 70.3 Å². The molecule has 1 aromatic heterocycles. The average Bonchev–Trinajstić information content (AvgIpc) is 3.16. The van der Waals surface area contributed by atoms with E-state index in [1.54, 1.807) is 6.20 Å². The van der Waals surface area contributed by atoms with Crippen LogP contribution in [-0.4, -0.2) is 29.3 Å². The van der Waals surface area contributed by atoms with E-state index in [0.29, 0.717) is 12.0 Å². The molecule has 0 bridgehead atoms. The standard InChI is InChI=1S/C20H31N5/c1-22-19(13-15-7-5-6-8-15)17(14-21)18-11-12-23-20(25-18)24-16-9-3-2-4-10-16/h11-12,14-16,21-22H,2-10,13H2,1H3,(H,23,24,25)/b19-17+,21-14?. The molecule has 2 fully saturated rings. The van der Waals surface area contributed by atoms with Crippen LogP contribution in [0.1, 0.15) is 69.9 Å². The van der Waals surface area contributed by atoms with Crippen molar-refractivity contribution in [1.82, 2.24) is 15.3 Å². The number of hydrogen-bond donors (Lipinski definition) is 3. The molecule has 0 aliphatic heterocycles. The number of nitrogens with zero attached hydrogens (tertiary/aromatic N) is 2. The van der Waals surface area contributed by atoms with Crippen molar-refractivity contribution in [1.29, 1.82) is 5.41 Å². The van der Waals surface area contributed by atoms with Gasteiger partial charge in [-0.15, -0.1) is 0 Å². The van der Waals surface area contributed by atoms with Crippen LogP contribution in [0.25, 0.3) is 5.57 Å². The number of rotatable bonds is 7. The summed E-state index contributed by atoms with van der Waals surface area (Å²) in [6, 6.07) is 2.40. The maximum Gasteiger partial charge on any atom is 0.223 e. The zero-order valence-electron chi connectivity index (χ0n) is 15.4. The summed E-state index contributed by atoms with van der Waals surface area (Å²) >= 11 is 0. The third-order valence-corrected chi connectivity index (χ3v) is 5.61. The summed E-state index contributed by atoms with van der Waals surface area (Å²) in [5.41, 5.74) is 2.86. The minimum absolute atomic E-state index is 0.485. The highest BCUT2D eigenvalue weighted by molar-refractivity contribution is 6.08. The number of allylic oxidation sites excluding steroid dienone is 2. The fraction of sp³-hybridized carbons (Fsp3) is 0.650. The van der Waals surface area contributed by atoms with Crippen molar-refractivity contribution in [3.8, 4) is 0 Å². The zero-order chi connectivity index (χ0) is 17.5. The van der Waals surface area contributed by atoms with Gasteiger partial charge in [0.15, 0.2) is 0 Å². The lowest BCUT2D eigenvalue weighted by Gasteiger charge is -2.23. The molecule has 0 atom stereocenters. The summed E-state index contributed by atoms with van der Waals surface area (Å²) in [6.07, 6.45) is 15.8. The minimum atomic E-state index is 0.485. The molecule has 5 heteroatoms. The van der Waals surface area contributed by atoms with Crippen LogP contribution in [0.3, 0.4) is 0 Å². The van der Waals surface area contributed by atoms with E-state index < -0.39 is 0 Å². The Morgan fingerprint density at radius 3 is 2.56 bits per heavy atom. The van der Waals surface area contributed by atoms with E-state index in [1.807, 2.05) is 13.1 Å². The van der Waals surface area contributed by atoms with Gasteiger partial charge in [0.2, 0.25) is 5.95 Å². The molecule has 0 amide bonds. The summed E-state index contributed by atoms with van der Waals surface area (Å²) in [5.74, 6) is 1.43. The first kappa shape index (κ1) is 17.9. The van der Waals surface area contributed by atoms with Crippen LogP contribution in [0, 0.1) is 11.3 Å². The fourth-order valence-corrected chi connectivity index (χ4v) is 4.17. The number of anilines is 1. The van der Waals surface area contributed by atoms with Gasteiger partial charge in [-0.1, -0.05) is 44.9 Å². The van der Waals surface area contributed by atoms with Crippen molar-refractivity contribution in [3.05, 3.63) is 23.7 Å². The van der Waals surface area contributed by atoms with E-state index in [0.717, 1.165) is 29.3 Å². The first-order valence-electron chi connectivity index (χ1n) is 9.81. The van der Waals surface area contributed by atoms with Gasteiger partial charge in [0.25, 0.3) is 0 Å². The molecule has 5 nitrogen and oxygen atoms in total. The Morgan fingerprint density at radius 1 is 1.16 bits per heavy atom. The lowest BCUT2D eigenvalue weighted by molar-refractivity contribution is 0.461. The number of hydrogen-bond acceptors (Lipinski definition) is 5. The molecule has 0 spiro atoms. The van der Waals surface area contributed by atoms with E-state index in [4.69, 9.17) is 10.4 Å². The van der Waals surface area contributed by atoms with Gasteiger partial charge >= 0.3 is 0 Å². The summed E-state index contributed by atoms with van der Waals surface area (Å²) in [6.45, 7) is 0. The molecule has 2 aliphatic rings. The second-order valence-electron chi connectivity index (χ2n) is 7.39. The van der Waals surface area contributed by atoms with Crippen molar-refractivity contribution in [2.24, 2.45) is 5.92 Å². The molecule has 2 saturated carbocycles. The SMILES string of the molecule is CN/C(CC1CCCC1)=C(\C=N)c1ccnc(NC2CCCCC2)n1. The van der Waals surface area contributed by atoms with Gasteiger partial charge in [0, 0.05) is 36.8 Å². The van der Waals surface area contributed by atoms with E-state index in [2.05, 4.69) is 15.6 Å². The normalized spacial score (nSPS) is 20.2. The topological polar surface area (TPSA) is 73.7 Å². The molecule has 2 aliphatic carbocycles. The monoisotopic (exact) mass is 341 g/mol. The van der Waals surface area contributed by atoms with Crippen LogP contribution in [0.2, 0.25) is 0 Å². The summed E-state index contributed by atoms with van der Waals surface area (Å²) < 4.78 is 0. The van der Waals surface area contributed by atoms with Gasteiger partial charge in [-0.05, 0) is 31.2 Å². The van der Waals surface area contributed by atoms with Gasteiger partial charge in [-0.3, -0.25) is 0 Å². The lowest BCUT2D eigenvalue weighted by Crippen LogP contribution is -2.23. The summed E-state index contributed by atoms with van der Waals surface area (Å²) in [5, 5.41) is 14.7. The lowest BCUT2D eigenvalue weighted by atomic mass is 9.96. The first-order valence-corrected chi connectivity index (χ1v) is 9.81. The Kier molecular flexibility index (Phi) is 6.42. The van der Waals surface area contributed by atoms with Gasteiger partial charge in [-0.2, -0.15) is 0 Å². The molecule has 0 saturated heterocycles. The fourth-order valence-electron chi connectivity index (χ4n) is 4.17. The summed E-state index contributed by atoms with van der Waals surface area (Å²) in [4.78, 5) is 9.11. The zero-order valence-corrected chi connectivity index (χ0v) is 15.4. The predicted octanol–water partition coefficient (Wildman–Crippen LogP) is 4.38. The summed E-state index contributed by atoms with van der Waals surface area (Å²) in [7, 11) is 1.95. The van der Waals surface area contributed by atoms with Crippen LogP contribution >= 0.6 is 0 Å². The van der Waals surface area contributed by atoms with Crippen molar-refractivity contribution in [3.63, 3.8) is 0 Å². The average molecular weight is 342 g/mol. The Morgan fingerprint density at radius 2 is 1.88 bits per heavy atom. The van der Waals surface area contributed by atoms with Crippen molar-refractivity contribution >= 4 is 17.7 Å². The van der Waals surface area contributed by atoms with E-state index >= 15 is 0 Å². The van der Waals surface area contributed by atoms with E-state index in [-0.39, 0.29) is 0 Å². The van der Waals surface area contributed by atoms with Crippen molar-refractivity contribution in [2.75, 3.05) is 12.4 Å². The van der Waals surface area contributed by atoms with Crippen molar-refractivity contribution < 1.29 is 0 Å². The second-order valence-corrected chi connectivity index (χ2v) is 7.39. The Labute approximate surface area is 151 Å². The van der Waals surface area contributed by atoms with Crippen LogP contribution in [-0.2, 0) is 0 Å². The highest BCUT2D eigenvalue weighted by Crippen LogP contribution is 2.31. The maximum absolute atomic E-state index is 7.92. The van der Waals surface area contributed by atoms with Gasteiger partial charge in [-0.25, -0.2) is 9.97 Å². The highest BCUT2D eigenvalue weighted by atomic mass is 15.1. The molecule has 3 rings (SSSR count). The quantitative estimate of drug-likeness (QED) is 0.643. The maximum atomic E-state index is 7.92. The molecule has 1 heterocycles. The van der Waals surface area contributed by atoms with Gasteiger partial charge < -0.3 is 16.0 Å². The number of aromatic nitrogens is 2. The molecule has 0 radical (unpaired) electrons. The predicted molar refractivity (Wildman–Crippen MR) is 104 cm³/mol. The van der Waals surface area contributed by atoms with Gasteiger partial charge in [0.1, 0.15) is 0 Å². The Hall–Kier alpha value is -1.91. The molecular weight excluding hydrogens is 310 g/mol. The molecular formula is C20H31N5. The highest BCUT2D eigenvalue weighted by Gasteiger charge is 2.19.